The van der Waals surface area contributed by atoms with Gasteiger partial charge in [0.1, 0.15) is 11.6 Å². The van der Waals surface area contributed by atoms with Gasteiger partial charge in [0.25, 0.3) is 0 Å². The molecule has 5 saturated carbocycles. The number of benzene rings is 1. The van der Waals surface area contributed by atoms with Crippen molar-refractivity contribution in [3.05, 3.63) is 35.4 Å². The van der Waals surface area contributed by atoms with Crippen LogP contribution in [-0.2, 0) is 4.79 Å². The summed E-state index contributed by atoms with van der Waals surface area (Å²) in [7, 11) is 0. The van der Waals surface area contributed by atoms with Crippen LogP contribution in [0.2, 0.25) is 0 Å². The highest BCUT2D eigenvalue weighted by molar-refractivity contribution is 5.80. The number of nitrogens with zero attached hydrogens (tertiary/aromatic N) is 1. The third kappa shape index (κ3) is 3.99. The van der Waals surface area contributed by atoms with Crippen LogP contribution in [0, 0.1) is 74.2 Å². The zero-order chi connectivity index (χ0) is 30.5. The summed E-state index contributed by atoms with van der Waals surface area (Å²) in [5.74, 6) is 1.30. The Kier molecular flexibility index (Phi) is 7.10. The summed E-state index contributed by atoms with van der Waals surface area (Å²) in [4.78, 5) is 17.9. The lowest BCUT2D eigenvalue weighted by Crippen LogP contribution is -2.67. The Hall–Kier alpha value is -1.78. The molecule has 232 valence electrons. The predicted octanol–water partition coefficient (Wildman–Crippen LogP) is 9.57. The molecule has 5 heteroatoms. The van der Waals surface area contributed by atoms with Crippen molar-refractivity contribution in [2.24, 2.45) is 67.6 Å². The van der Waals surface area contributed by atoms with Gasteiger partial charge in [-0.15, -0.1) is 0 Å². The van der Waals surface area contributed by atoms with Crippen LogP contribution < -0.4 is 0 Å². The summed E-state index contributed by atoms with van der Waals surface area (Å²) in [5.41, 5.74) is 0.351. The second-order valence-electron chi connectivity index (χ2n) is 16.9. The van der Waals surface area contributed by atoms with Gasteiger partial charge in [-0.2, -0.15) is 0 Å². The van der Waals surface area contributed by atoms with Crippen LogP contribution >= 0.6 is 0 Å². The van der Waals surface area contributed by atoms with Gasteiger partial charge < -0.3 is 5.11 Å². The maximum Gasteiger partial charge on any atom is 0.309 e. The molecule has 0 amide bonds. The lowest BCUT2D eigenvalue weighted by molar-refractivity contribution is -0.241. The number of aliphatic imine (C=N–C) groups is 1. The topological polar surface area (TPSA) is 49.7 Å². The Balaban J connectivity index is 1.30. The Morgan fingerprint density at radius 2 is 1.64 bits per heavy atom. The fraction of sp³-hybridized carbons (Fsp3) is 0.784. The van der Waals surface area contributed by atoms with E-state index in [1.807, 2.05) is 0 Å². The molecule has 0 bridgehead atoms. The number of hydrogen-bond donors (Lipinski definition) is 1. The van der Waals surface area contributed by atoms with Gasteiger partial charge >= 0.3 is 5.97 Å². The Bertz CT molecular complexity index is 1270. The van der Waals surface area contributed by atoms with E-state index in [2.05, 4.69) is 48.5 Å². The first-order chi connectivity index (χ1) is 19.6. The Labute approximate surface area is 252 Å². The first-order valence-electron chi connectivity index (χ1n) is 16.8. The molecule has 42 heavy (non-hydrogen) atoms. The molecular formula is C37H53F2NO2. The van der Waals surface area contributed by atoms with Crippen molar-refractivity contribution in [1.29, 1.82) is 0 Å². The largest absolute Gasteiger partial charge is 0.481 e. The van der Waals surface area contributed by atoms with Crippen LogP contribution in [-0.4, -0.2) is 23.3 Å². The molecular weight excluding hydrogens is 528 g/mol. The van der Waals surface area contributed by atoms with Gasteiger partial charge in [0.15, 0.2) is 0 Å². The van der Waals surface area contributed by atoms with Gasteiger partial charge in [-0.3, -0.25) is 9.79 Å². The zero-order valence-corrected chi connectivity index (χ0v) is 27.0. The fourth-order valence-electron chi connectivity index (χ4n) is 12.8. The average Bonchev–Trinajstić information content (AvgIpc) is 3.31. The second-order valence-corrected chi connectivity index (χ2v) is 16.9. The van der Waals surface area contributed by atoms with E-state index in [4.69, 9.17) is 4.99 Å². The van der Waals surface area contributed by atoms with Gasteiger partial charge in [0, 0.05) is 17.8 Å². The molecule has 0 saturated heterocycles. The molecule has 0 spiro atoms. The van der Waals surface area contributed by atoms with Crippen molar-refractivity contribution in [2.75, 3.05) is 0 Å². The van der Waals surface area contributed by atoms with E-state index in [9.17, 15) is 18.7 Å². The summed E-state index contributed by atoms with van der Waals surface area (Å²) in [6, 6.07) is 3.82. The highest BCUT2D eigenvalue weighted by Gasteiger charge is 2.72. The number of carboxylic acids is 1. The van der Waals surface area contributed by atoms with Crippen molar-refractivity contribution in [3.63, 3.8) is 0 Å². The molecule has 5 fully saturated rings. The third-order valence-corrected chi connectivity index (χ3v) is 15.1. The molecule has 5 aliphatic rings. The second kappa shape index (κ2) is 9.86. The molecule has 0 heterocycles. The predicted molar refractivity (Wildman–Crippen MR) is 164 cm³/mol. The zero-order valence-electron chi connectivity index (χ0n) is 27.0. The van der Waals surface area contributed by atoms with Crippen LogP contribution in [0.5, 0.6) is 0 Å². The molecule has 10 atom stereocenters. The van der Waals surface area contributed by atoms with E-state index < -0.39 is 23.0 Å². The van der Waals surface area contributed by atoms with Gasteiger partial charge in [-0.25, -0.2) is 8.78 Å². The highest BCUT2D eigenvalue weighted by atomic mass is 19.1. The summed E-state index contributed by atoms with van der Waals surface area (Å²) < 4.78 is 27.8. The van der Waals surface area contributed by atoms with Crippen LogP contribution in [0.4, 0.5) is 8.78 Å². The van der Waals surface area contributed by atoms with Crippen molar-refractivity contribution >= 4 is 12.2 Å². The Morgan fingerprint density at radius 3 is 2.31 bits per heavy atom. The number of aliphatic carboxylic acids is 1. The van der Waals surface area contributed by atoms with Crippen LogP contribution in [0.1, 0.15) is 118 Å². The maximum absolute atomic E-state index is 14.4. The molecule has 5 unspecified atom stereocenters. The first-order valence-corrected chi connectivity index (χ1v) is 16.8. The van der Waals surface area contributed by atoms with Crippen molar-refractivity contribution in [1.82, 2.24) is 0 Å². The van der Waals surface area contributed by atoms with E-state index in [1.165, 1.54) is 25.0 Å². The Morgan fingerprint density at radius 1 is 0.905 bits per heavy atom. The minimum atomic E-state index is -0.564. The first kappa shape index (κ1) is 30.3. The van der Waals surface area contributed by atoms with E-state index in [-0.39, 0.29) is 27.7 Å². The number of fused-ring (bicyclic) bond motifs is 7. The number of rotatable bonds is 4. The SMILES string of the molecule is CC(C)C1CCC2(C(=O)O)CC[C@]3(C)[C@H](CCC4[C@@]5(C)CCC(N=Cc6ccc(F)cc6F)C(C)(C)[C@@H]5CC[C@]43C)C12. The average molecular weight is 582 g/mol. The molecule has 3 nitrogen and oxygen atoms in total. The van der Waals surface area contributed by atoms with E-state index in [1.54, 1.807) is 6.21 Å². The number of hydrogen-bond acceptors (Lipinski definition) is 2. The molecule has 0 aliphatic heterocycles. The molecule has 1 aromatic rings. The quantitative estimate of drug-likeness (QED) is 0.360. The van der Waals surface area contributed by atoms with Crippen LogP contribution in [0.25, 0.3) is 0 Å². The van der Waals surface area contributed by atoms with Gasteiger partial charge in [-0.05, 0) is 134 Å². The number of halogens is 2. The van der Waals surface area contributed by atoms with Crippen molar-refractivity contribution < 1.29 is 18.7 Å². The standard InChI is InChI=1S/C37H53F2NO2/c1-22(2)25-12-17-37(32(41)42)19-18-35(6)26(31(25)37)10-11-29-34(5)15-14-30(33(3,4)28(34)13-16-36(29,35)7)40-21-23-8-9-24(38)20-27(23)39/h8-9,20-22,25-26,28-31H,10-19H2,1-7H3,(H,41,42)/t25?,26-,28+,29?,30?,31?,34+,35-,36-,37?/m1/s1. The number of carboxylic acid groups (broad SMARTS) is 1. The number of carbonyl (C=O) groups is 1. The van der Waals surface area contributed by atoms with Gasteiger partial charge in [0.05, 0.1) is 11.5 Å². The van der Waals surface area contributed by atoms with E-state index in [0.29, 0.717) is 41.1 Å². The van der Waals surface area contributed by atoms with Gasteiger partial charge in [0.2, 0.25) is 0 Å². The molecule has 6 rings (SSSR count). The molecule has 1 aromatic carbocycles. The van der Waals surface area contributed by atoms with Crippen molar-refractivity contribution in [2.45, 2.75) is 119 Å². The van der Waals surface area contributed by atoms with E-state index >= 15 is 0 Å². The van der Waals surface area contributed by atoms with Crippen LogP contribution in [0.15, 0.2) is 23.2 Å². The lowest BCUT2D eigenvalue weighted by Gasteiger charge is -2.72. The molecule has 5 aliphatic carbocycles. The van der Waals surface area contributed by atoms with Crippen LogP contribution in [0.3, 0.4) is 0 Å². The summed E-state index contributed by atoms with van der Waals surface area (Å²) in [6.07, 6.45) is 12.3. The normalized spacial score (nSPS) is 46.1. The maximum atomic E-state index is 14.4. The van der Waals surface area contributed by atoms with Crippen molar-refractivity contribution in [3.8, 4) is 0 Å². The molecule has 0 radical (unpaired) electrons. The fourth-order valence-corrected chi connectivity index (χ4v) is 12.8. The minimum absolute atomic E-state index is 0.0295. The summed E-state index contributed by atoms with van der Waals surface area (Å²) in [5, 5.41) is 10.6. The van der Waals surface area contributed by atoms with E-state index in [0.717, 1.165) is 57.4 Å². The summed E-state index contributed by atoms with van der Waals surface area (Å²) >= 11 is 0. The summed E-state index contributed by atoms with van der Waals surface area (Å²) in [6.45, 7) is 17.1. The molecule has 0 aromatic heterocycles. The third-order valence-electron chi connectivity index (χ3n) is 15.1. The monoisotopic (exact) mass is 581 g/mol. The lowest BCUT2D eigenvalue weighted by atomic mass is 9.32. The highest BCUT2D eigenvalue weighted by Crippen LogP contribution is 2.77. The minimum Gasteiger partial charge on any atom is -0.481 e. The van der Waals surface area contributed by atoms with Gasteiger partial charge in [-0.1, -0.05) is 48.5 Å². The smallest absolute Gasteiger partial charge is 0.309 e. The molecule has 1 N–H and O–H groups in total.